The van der Waals surface area contributed by atoms with Crippen LogP contribution in [0.25, 0.3) is 22.2 Å². The zero-order valence-electron chi connectivity index (χ0n) is 17.3. The van der Waals surface area contributed by atoms with Crippen LogP contribution in [0.2, 0.25) is 0 Å². The predicted octanol–water partition coefficient (Wildman–Crippen LogP) is 4.97. The van der Waals surface area contributed by atoms with Gasteiger partial charge < -0.3 is 20.4 Å². The average molecular weight is 380 g/mol. The fraction of sp³-hybridized carbons (Fsp3) is 0.348. The number of carbonyl (C=O) groups is 1. The number of fused-ring (bicyclic) bond motifs is 1. The molecule has 1 heterocycles. The number of nitrogens with two attached hydrogens (primary N) is 1. The number of aromatic nitrogens is 1. The molecule has 1 amide bonds. The summed E-state index contributed by atoms with van der Waals surface area (Å²) in [6, 6.07) is 14.4. The molecule has 3 aromatic rings. The maximum atomic E-state index is 12.4. The Morgan fingerprint density at radius 3 is 2.57 bits per heavy atom. The number of H-pyrrole nitrogens is 1. The van der Waals surface area contributed by atoms with Gasteiger partial charge in [0, 0.05) is 42.3 Å². The third-order valence-corrected chi connectivity index (χ3v) is 4.76. The number of hydrogen-bond acceptors (Lipinski definition) is 3. The number of nitrogens with zero attached hydrogens (tertiary/aromatic N) is 1. The van der Waals surface area contributed by atoms with Crippen LogP contribution in [0.15, 0.2) is 42.5 Å². The first-order valence-electron chi connectivity index (χ1n) is 9.53. The van der Waals surface area contributed by atoms with Crippen molar-refractivity contribution in [2.45, 2.75) is 46.4 Å². The van der Waals surface area contributed by atoms with E-state index in [9.17, 15) is 4.79 Å². The molecule has 5 heteroatoms. The molecule has 0 radical (unpaired) electrons. The van der Waals surface area contributed by atoms with Crippen LogP contribution in [0, 0.1) is 6.92 Å². The molecule has 0 unspecified atom stereocenters. The second kappa shape index (κ2) is 7.68. The maximum absolute atomic E-state index is 12.4. The Balaban J connectivity index is 1.96. The molecule has 148 valence electrons. The van der Waals surface area contributed by atoms with Crippen molar-refractivity contribution in [3.05, 3.63) is 59.2 Å². The van der Waals surface area contributed by atoms with Gasteiger partial charge in [-0.05, 0) is 56.5 Å². The molecular formula is C23H29N3O2. The van der Waals surface area contributed by atoms with Gasteiger partial charge >= 0.3 is 6.09 Å². The molecule has 0 fully saturated rings. The van der Waals surface area contributed by atoms with Gasteiger partial charge in [0.25, 0.3) is 0 Å². The van der Waals surface area contributed by atoms with Crippen molar-refractivity contribution in [3.8, 4) is 11.3 Å². The van der Waals surface area contributed by atoms with Crippen LogP contribution < -0.4 is 5.73 Å². The summed E-state index contributed by atoms with van der Waals surface area (Å²) < 4.78 is 5.48. The summed E-state index contributed by atoms with van der Waals surface area (Å²) in [5.74, 6) is 0. The standard InChI is InChI=1S/C23H29N3O2/c1-15-19-12-16(13-24)10-11-20(19)25-21(15)18-9-7-6-8-17(18)14-26(5)22(27)28-23(2,3)4/h6-12,25H,13-14,24H2,1-5H3. The van der Waals surface area contributed by atoms with Crippen molar-refractivity contribution >= 4 is 17.0 Å². The van der Waals surface area contributed by atoms with Gasteiger partial charge in [0.1, 0.15) is 5.60 Å². The topological polar surface area (TPSA) is 71.3 Å². The highest BCUT2D eigenvalue weighted by atomic mass is 16.6. The van der Waals surface area contributed by atoms with Crippen LogP contribution in [-0.2, 0) is 17.8 Å². The van der Waals surface area contributed by atoms with Crippen LogP contribution in [0.3, 0.4) is 0 Å². The molecule has 3 N–H and O–H groups in total. The van der Waals surface area contributed by atoms with Gasteiger partial charge in [-0.15, -0.1) is 0 Å². The number of amides is 1. The highest BCUT2D eigenvalue weighted by Crippen LogP contribution is 2.32. The van der Waals surface area contributed by atoms with E-state index in [0.717, 1.165) is 27.9 Å². The van der Waals surface area contributed by atoms with Crippen LogP contribution >= 0.6 is 0 Å². The van der Waals surface area contributed by atoms with Crippen molar-refractivity contribution in [3.63, 3.8) is 0 Å². The predicted molar refractivity (Wildman–Crippen MR) is 114 cm³/mol. The number of carbonyl (C=O) groups excluding carboxylic acids is 1. The zero-order valence-corrected chi connectivity index (χ0v) is 17.3. The lowest BCUT2D eigenvalue weighted by Gasteiger charge is -2.25. The third kappa shape index (κ3) is 4.20. The molecule has 0 saturated carbocycles. The summed E-state index contributed by atoms with van der Waals surface area (Å²) >= 11 is 0. The molecule has 0 bridgehead atoms. The van der Waals surface area contributed by atoms with Crippen LogP contribution in [-0.4, -0.2) is 28.6 Å². The van der Waals surface area contributed by atoms with Gasteiger partial charge in [0.05, 0.1) is 0 Å². The van der Waals surface area contributed by atoms with E-state index in [1.165, 1.54) is 10.9 Å². The van der Waals surface area contributed by atoms with Gasteiger partial charge in [0.15, 0.2) is 0 Å². The number of benzene rings is 2. The molecule has 3 rings (SSSR count). The summed E-state index contributed by atoms with van der Waals surface area (Å²) in [6.45, 7) is 8.71. The minimum atomic E-state index is -0.515. The van der Waals surface area contributed by atoms with Crippen LogP contribution in [0.5, 0.6) is 0 Å². The summed E-state index contributed by atoms with van der Waals surface area (Å²) in [7, 11) is 1.76. The Morgan fingerprint density at radius 1 is 1.18 bits per heavy atom. The molecule has 28 heavy (non-hydrogen) atoms. The van der Waals surface area contributed by atoms with Crippen molar-refractivity contribution in [1.29, 1.82) is 0 Å². The third-order valence-electron chi connectivity index (χ3n) is 4.76. The first kappa shape index (κ1) is 20.0. The molecule has 5 nitrogen and oxygen atoms in total. The van der Waals surface area contributed by atoms with E-state index in [4.69, 9.17) is 10.5 Å². The number of ether oxygens (including phenoxy) is 1. The minimum Gasteiger partial charge on any atom is -0.444 e. The van der Waals surface area contributed by atoms with Crippen molar-refractivity contribution in [1.82, 2.24) is 9.88 Å². The van der Waals surface area contributed by atoms with E-state index < -0.39 is 5.60 Å². The number of hydrogen-bond donors (Lipinski definition) is 2. The monoisotopic (exact) mass is 379 g/mol. The molecule has 0 aliphatic heterocycles. The number of rotatable bonds is 4. The smallest absolute Gasteiger partial charge is 0.410 e. The number of aryl methyl sites for hydroxylation is 1. The van der Waals surface area contributed by atoms with E-state index in [-0.39, 0.29) is 6.09 Å². The lowest BCUT2D eigenvalue weighted by atomic mass is 10.0. The SMILES string of the molecule is Cc1c(-c2ccccc2CN(C)C(=O)OC(C)(C)C)[nH]c2ccc(CN)cc12. The lowest BCUT2D eigenvalue weighted by Crippen LogP contribution is -2.33. The lowest BCUT2D eigenvalue weighted by molar-refractivity contribution is 0.0285. The first-order valence-corrected chi connectivity index (χ1v) is 9.53. The largest absolute Gasteiger partial charge is 0.444 e. The van der Waals surface area contributed by atoms with Crippen LogP contribution in [0.1, 0.15) is 37.5 Å². The quantitative estimate of drug-likeness (QED) is 0.672. The molecule has 0 aliphatic carbocycles. The number of nitrogens with one attached hydrogen (secondary N) is 1. The second-order valence-corrected chi connectivity index (χ2v) is 8.20. The van der Waals surface area contributed by atoms with E-state index in [1.807, 2.05) is 45.0 Å². The van der Waals surface area contributed by atoms with Crippen LogP contribution in [0.4, 0.5) is 4.79 Å². The van der Waals surface area contributed by atoms with Crippen molar-refractivity contribution in [2.75, 3.05) is 7.05 Å². The second-order valence-electron chi connectivity index (χ2n) is 8.20. The molecule has 0 atom stereocenters. The highest BCUT2D eigenvalue weighted by molar-refractivity contribution is 5.91. The van der Waals surface area contributed by atoms with Gasteiger partial charge in [-0.3, -0.25) is 0 Å². The Bertz CT molecular complexity index is 999. The van der Waals surface area contributed by atoms with E-state index in [0.29, 0.717) is 13.1 Å². The molecule has 0 saturated heterocycles. The summed E-state index contributed by atoms with van der Waals surface area (Å²) in [4.78, 5) is 17.5. The molecular weight excluding hydrogens is 350 g/mol. The Morgan fingerprint density at radius 2 is 1.89 bits per heavy atom. The molecule has 1 aromatic heterocycles. The Labute approximate surface area is 166 Å². The first-order chi connectivity index (χ1) is 13.2. The fourth-order valence-corrected chi connectivity index (χ4v) is 3.33. The van der Waals surface area contributed by atoms with Gasteiger partial charge in [-0.1, -0.05) is 30.3 Å². The van der Waals surface area contributed by atoms with Crippen molar-refractivity contribution < 1.29 is 9.53 Å². The Hall–Kier alpha value is -2.79. The average Bonchev–Trinajstić information content (AvgIpc) is 2.96. The van der Waals surface area contributed by atoms with Crippen molar-refractivity contribution in [2.24, 2.45) is 5.73 Å². The van der Waals surface area contributed by atoms with E-state index in [1.54, 1.807) is 11.9 Å². The summed E-state index contributed by atoms with van der Waals surface area (Å²) in [6.07, 6.45) is -0.330. The normalized spacial score (nSPS) is 11.6. The highest BCUT2D eigenvalue weighted by Gasteiger charge is 2.21. The van der Waals surface area contributed by atoms with Gasteiger partial charge in [-0.25, -0.2) is 4.79 Å². The zero-order chi connectivity index (χ0) is 20.5. The van der Waals surface area contributed by atoms with E-state index >= 15 is 0 Å². The maximum Gasteiger partial charge on any atom is 0.410 e. The summed E-state index contributed by atoms with van der Waals surface area (Å²) in [5, 5.41) is 1.17. The minimum absolute atomic E-state index is 0.330. The molecule has 2 aromatic carbocycles. The van der Waals surface area contributed by atoms with E-state index in [2.05, 4.69) is 30.1 Å². The van der Waals surface area contributed by atoms with Gasteiger partial charge in [-0.2, -0.15) is 0 Å². The van der Waals surface area contributed by atoms with Gasteiger partial charge in [0.2, 0.25) is 0 Å². The summed E-state index contributed by atoms with van der Waals surface area (Å²) in [5.41, 5.74) is 11.9. The number of aromatic amines is 1. The Kier molecular flexibility index (Phi) is 5.47. The molecule has 0 spiro atoms. The fourth-order valence-electron chi connectivity index (χ4n) is 3.33. The molecule has 0 aliphatic rings.